The Labute approximate surface area is 276 Å². The van der Waals surface area contributed by atoms with Crippen LogP contribution in [0.4, 0.5) is 4.79 Å². The third-order valence-corrected chi connectivity index (χ3v) is 11.5. The molecule has 3 heterocycles. The van der Waals surface area contributed by atoms with Gasteiger partial charge in [-0.1, -0.05) is 59.3 Å². The molecule has 3 amide bonds. The SMILES string of the molecule is CC(C)(C)C1CN(CCCCCC(=O)OCCCCCNC(=O)CCCC[C@H]2SC[C@@H]3NC(=O)N[C@@H]32)NN1C1CCCCCC1. The van der Waals surface area contributed by atoms with Gasteiger partial charge >= 0.3 is 12.0 Å². The van der Waals surface area contributed by atoms with Gasteiger partial charge in [-0.3, -0.25) is 9.59 Å². The van der Waals surface area contributed by atoms with Crippen LogP contribution < -0.4 is 21.5 Å². The quantitative estimate of drug-likeness (QED) is 0.0686. The minimum atomic E-state index is -0.0898. The molecule has 11 heteroatoms. The second-order valence-corrected chi connectivity index (χ2v) is 16.1. The molecule has 0 aromatic carbocycles. The number of thioether (sulfide) groups is 1. The molecule has 1 saturated carbocycles. The molecule has 4 N–H and O–H groups in total. The number of nitrogens with zero attached hydrogens (tertiary/aromatic N) is 2. The third-order valence-electron chi connectivity index (χ3n) is 10.00. The summed E-state index contributed by atoms with van der Waals surface area (Å²) in [7, 11) is 0. The number of ether oxygens (including phenoxy) is 1. The average molecular weight is 651 g/mol. The first-order chi connectivity index (χ1) is 21.7. The highest BCUT2D eigenvalue weighted by atomic mass is 32.2. The molecule has 10 nitrogen and oxygen atoms in total. The zero-order valence-electron chi connectivity index (χ0n) is 28.4. The lowest BCUT2D eigenvalue weighted by Crippen LogP contribution is -2.51. The van der Waals surface area contributed by atoms with E-state index in [4.69, 9.17) is 4.74 Å². The highest BCUT2D eigenvalue weighted by molar-refractivity contribution is 8.00. The van der Waals surface area contributed by atoms with Crippen molar-refractivity contribution in [3.63, 3.8) is 0 Å². The molecule has 45 heavy (non-hydrogen) atoms. The fraction of sp³-hybridized carbons (Fsp3) is 0.912. The van der Waals surface area contributed by atoms with E-state index in [0.717, 1.165) is 76.6 Å². The molecule has 0 bridgehead atoms. The summed E-state index contributed by atoms with van der Waals surface area (Å²) in [5.41, 5.74) is 4.00. The summed E-state index contributed by atoms with van der Waals surface area (Å²) in [6, 6.07) is 1.62. The number of carbonyl (C=O) groups excluding carboxylic acids is 3. The van der Waals surface area contributed by atoms with Gasteiger partial charge in [0.2, 0.25) is 5.91 Å². The van der Waals surface area contributed by atoms with E-state index in [0.29, 0.717) is 43.3 Å². The molecule has 4 rings (SSSR count). The summed E-state index contributed by atoms with van der Waals surface area (Å²) < 4.78 is 5.45. The van der Waals surface area contributed by atoms with Crippen LogP contribution in [0.5, 0.6) is 0 Å². The molecule has 3 saturated heterocycles. The molecule has 0 aromatic heterocycles. The highest BCUT2D eigenvalue weighted by Gasteiger charge is 2.43. The van der Waals surface area contributed by atoms with Gasteiger partial charge in [-0.2, -0.15) is 17.3 Å². The van der Waals surface area contributed by atoms with Crippen molar-refractivity contribution in [2.75, 3.05) is 32.0 Å². The van der Waals surface area contributed by atoms with Crippen molar-refractivity contribution in [2.24, 2.45) is 5.41 Å². The third kappa shape index (κ3) is 12.2. The number of unbranched alkanes of at least 4 members (excludes halogenated alkanes) is 5. The zero-order chi connectivity index (χ0) is 32.1. The van der Waals surface area contributed by atoms with E-state index < -0.39 is 0 Å². The molecule has 1 unspecified atom stereocenters. The summed E-state index contributed by atoms with van der Waals surface area (Å²) in [5, 5.41) is 14.5. The Morgan fingerprint density at radius 1 is 0.933 bits per heavy atom. The molecule has 258 valence electrons. The molecule has 0 radical (unpaired) electrons. The lowest BCUT2D eigenvalue weighted by Gasteiger charge is -2.38. The number of amides is 3. The number of urea groups is 1. The minimum Gasteiger partial charge on any atom is -0.466 e. The van der Waals surface area contributed by atoms with Crippen LogP contribution in [0.3, 0.4) is 0 Å². The van der Waals surface area contributed by atoms with E-state index in [1.54, 1.807) is 0 Å². The second kappa shape index (κ2) is 18.7. The van der Waals surface area contributed by atoms with Crippen LogP contribution in [0.2, 0.25) is 0 Å². The van der Waals surface area contributed by atoms with E-state index in [1.807, 2.05) is 11.8 Å². The van der Waals surface area contributed by atoms with Crippen molar-refractivity contribution in [3.05, 3.63) is 0 Å². The fourth-order valence-electron chi connectivity index (χ4n) is 7.28. The Bertz CT molecular complexity index is 925. The van der Waals surface area contributed by atoms with Crippen molar-refractivity contribution < 1.29 is 19.1 Å². The van der Waals surface area contributed by atoms with Gasteiger partial charge in [0, 0.05) is 55.6 Å². The standard InChI is InChI=1S/C34H62N6O4S/c1-34(2,3)29-24-39(38-40(29)26-16-8-4-5-9-17-26)22-14-6-10-20-31(42)44-23-15-7-13-21-35-30(41)19-12-11-18-28-32-27(25-45-28)36-33(43)37-32/h26-29,32,38H,4-25H2,1-3H3,(H,35,41)(H2,36,37,43)/t27-,28+,29?,32-/m0/s1. The van der Waals surface area contributed by atoms with Crippen molar-refractivity contribution in [3.8, 4) is 0 Å². The first-order valence-corrected chi connectivity index (χ1v) is 19.2. The van der Waals surface area contributed by atoms with Crippen molar-refractivity contribution in [1.82, 2.24) is 31.5 Å². The summed E-state index contributed by atoms with van der Waals surface area (Å²) in [6.45, 7) is 10.3. The number of hydrogen-bond acceptors (Lipinski definition) is 8. The van der Waals surface area contributed by atoms with E-state index in [1.165, 1.54) is 38.5 Å². The largest absolute Gasteiger partial charge is 0.466 e. The molecule has 3 aliphatic heterocycles. The van der Waals surface area contributed by atoms with Crippen LogP contribution >= 0.6 is 11.8 Å². The van der Waals surface area contributed by atoms with E-state index in [9.17, 15) is 14.4 Å². The molecule has 4 fully saturated rings. The number of carbonyl (C=O) groups is 3. The number of hydrogen-bond donors (Lipinski definition) is 4. The van der Waals surface area contributed by atoms with Crippen LogP contribution in [0.15, 0.2) is 0 Å². The lowest BCUT2D eigenvalue weighted by atomic mass is 9.85. The van der Waals surface area contributed by atoms with Gasteiger partial charge in [0.1, 0.15) is 0 Å². The van der Waals surface area contributed by atoms with Gasteiger partial charge in [0.15, 0.2) is 0 Å². The van der Waals surface area contributed by atoms with Crippen molar-refractivity contribution >= 4 is 29.7 Å². The van der Waals surface area contributed by atoms with E-state index in [-0.39, 0.29) is 35.4 Å². The van der Waals surface area contributed by atoms with Gasteiger partial charge in [-0.15, -0.1) is 0 Å². The maximum absolute atomic E-state index is 12.2. The predicted octanol–water partition coefficient (Wildman–Crippen LogP) is 5.28. The maximum atomic E-state index is 12.2. The van der Waals surface area contributed by atoms with E-state index >= 15 is 0 Å². The van der Waals surface area contributed by atoms with Gasteiger partial charge in [-0.25, -0.2) is 14.8 Å². The number of rotatable bonds is 18. The Morgan fingerprint density at radius 3 is 2.47 bits per heavy atom. The summed E-state index contributed by atoms with van der Waals surface area (Å²) in [5.74, 6) is 0.997. The van der Waals surface area contributed by atoms with Crippen LogP contribution in [0.25, 0.3) is 0 Å². The van der Waals surface area contributed by atoms with Crippen LogP contribution in [-0.2, 0) is 14.3 Å². The number of esters is 1. The maximum Gasteiger partial charge on any atom is 0.315 e. The van der Waals surface area contributed by atoms with Crippen LogP contribution in [-0.4, -0.2) is 89.3 Å². The highest BCUT2D eigenvalue weighted by Crippen LogP contribution is 2.34. The first kappa shape index (κ1) is 36.3. The van der Waals surface area contributed by atoms with Crippen LogP contribution in [0.1, 0.15) is 130 Å². The lowest BCUT2D eigenvalue weighted by molar-refractivity contribution is -0.143. The smallest absolute Gasteiger partial charge is 0.315 e. The number of hydrazine groups is 2. The monoisotopic (exact) mass is 650 g/mol. The fourth-order valence-corrected chi connectivity index (χ4v) is 8.82. The zero-order valence-corrected chi connectivity index (χ0v) is 29.2. The Morgan fingerprint density at radius 2 is 1.69 bits per heavy atom. The summed E-state index contributed by atoms with van der Waals surface area (Å²) in [4.78, 5) is 35.8. The molecule has 4 aliphatic rings. The van der Waals surface area contributed by atoms with Crippen LogP contribution in [0, 0.1) is 5.41 Å². The topological polar surface area (TPSA) is 115 Å². The number of nitrogens with one attached hydrogen (secondary N) is 4. The van der Waals surface area contributed by atoms with Gasteiger partial charge in [-0.05, 0) is 63.2 Å². The predicted molar refractivity (Wildman–Crippen MR) is 182 cm³/mol. The van der Waals surface area contributed by atoms with Crippen molar-refractivity contribution in [2.45, 2.75) is 159 Å². The Hall–Kier alpha value is -1.56. The Kier molecular flexibility index (Phi) is 15.1. The van der Waals surface area contributed by atoms with Gasteiger partial charge < -0.3 is 20.7 Å². The molecule has 0 spiro atoms. The summed E-state index contributed by atoms with van der Waals surface area (Å²) >= 11 is 1.92. The first-order valence-electron chi connectivity index (χ1n) is 18.1. The van der Waals surface area contributed by atoms with E-state index in [2.05, 4.69) is 52.3 Å². The summed E-state index contributed by atoms with van der Waals surface area (Å²) in [6.07, 6.45) is 17.7. The molecule has 4 atom stereocenters. The Balaban J connectivity index is 0.940. The van der Waals surface area contributed by atoms with Gasteiger partial charge in [0.25, 0.3) is 0 Å². The minimum absolute atomic E-state index is 0.0462. The molecular weight excluding hydrogens is 588 g/mol. The molecule has 1 aliphatic carbocycles. The molecule has 0 aromatic rings. The molecular formula is C34H62N6O4S. The normalized spacial score (nSPS) is 26.3. The number of fused-ring (bicyclic) bond motifs is 1. The van der Waals surface area contributed by atoms with Gasteiger partial charge in [0.05, 0.1) is 18.7 Å². The second-order valence-electron chi connectivity index (χ2n) is 14.8. The van der Waals surface area contributed by atoms with Crippen molar-refractivity contribution in [1.29, 1.82) is 0 Å². The average Bonchev–Trinajstić information content (AvgIpc) is 3.62.